The van der Waals surface area contributed by atoms with Gasteiger partial charge in [-0.05, 0) is 29.8 Å². The predicted molar refractivity (Wildman–Crippen MR) is 72.3 cm³/mol. The second-order valence-corrected chi connectivity index (χ2v) is 4.24. The normalized spacial score (nSPS) is 10.2. The Morgan fingerprint density at radius 3 is 2.47 bits per heavy atom. The maximum atomic E-state index is 5.76. The molecule has 1 aromatic carbocycles. The van der Waals surface area contributed by atoms with Crippen molar-refractivity contribution in [3.05, 3.63) is 59.9 Å². The number of halogens is 1. The number of nitrogens with zero attached hydrogens (tertiary/aromatic N) is 2. The van der Waals surface area contributed by atoms with Gasteiger partial charge in [-0.15, -0.1) is 11.6 Å². The molecule has 2 rings (SSSR count). The molecular weight excluding hydrogens is 232 g/mol. The van der Waals surface area contributed by atoms with E-state index in [9.17, 15) is 0 Å². The highest BCUT2D eigenvalue weighted by molar-refractivity contribution is 6.17. The zero-order valence-electron chi connectivity index (χ0n) is 9.81. The van der Waals surface area contributed by atoms with E-state index in [4.69, 9.17) is 11.6 Å². The van der Waals surface area contributed by atoms with Gasteiger partial charge in [0.1, 0.15) is 0 Å². The minimum absolute atomic E-state index is 0.560. The van der Waals surface area contributed by atoms with Crippen molar-refractivity contribution in [2.75, 3.05) is 11.9 Å². The average Bonchev–Trinajstić information content (AvgIpc) is 2.40. The number of alkyl halides is 1. The monoisotopic (exact) mass is 246 g/mol. The quantitative estimate of drug-likeness (QED) is 0.768. The van der Waals surface area contributed by atoms with Crippen LogP contribution in [0.4, 0.5) is 5.69 Å². The largest absolute Gasteiger partial charge is 0.369 e. The fourth-order valence-corrected chi connectivity index (χ4v) is 1.84. The second-order valence-electron chi connectivity index (χ2n) is 3.98. The van der Waals surface area contributed by atoms with Crippen molar-refractivity contribution in [3.63, 3.8) is 0 Å². The van der Waals surface area contributed by atoms with Gasteiger partial charge in [0, 0.05) is 24.8 Å². The van der Waals surface area contributed by atoms with Crippen LogP contribution < -0.4 is 4.90 Å². The molecule has 2 nitrogen and oxygen atoms in total. The van der Waals surface area contributed by atoms with E-state index in [1.165, 1.54) is 5.69 Å². The topological polar surface area (TPSA) is 16.1 Å². The minimum atomic E-state index is 0.560. The molecule has 2 aromatic rings. The third-order valence-electron chi connectivity index (χ3n) is 2.66. The van der Waals surface area contributed by atoms with Gasteiger partial charge in [0.15, 0.2) is 0 Å². The first-order valence-electron chi connectivity index (χ1n) is 5.55. The molecule has 0 bridgehead atoms. The lowest BCUT2D eigenvalue weighted by Gasteiger charge is -2.19. The Labute approximate surface area is 107 Å². The molecule has 0 saturated heterocycles. The van der Waals surface area contributed by atoms with E-state index in [2.05, 4.69) is 41.2 Å². The molecule has 0 unspecified atom stereocenters. The maximum absolute atomic E-state index is 5.76. The third kappa shape index (κ3) is 3.21. The standard InChI is InChI=1S/C14H15ClN2/c1-17(11-13-4-2-3-9-16-13)14-7-5-12(10-15)6-8-14/h2-9H,10-11H2,1H3. The number of hydrogen-bond donors (Lipinski definition) is 0. The molecule has 0 spiro atoms. The van der Waals surface area contributed by atoms with Crippen LogP contribution in [0.15, 0.2) is 48.7 Å². The lowest BCUT2D eigenvalue weighted by atomic mass is 10.2. The van der Waals surface area contributed by atoms with Crippen molar-refractivity contribution in [2.24, 2.45) is 0 Å². The van der Waals surface area contributed by atoms with Crippen LogP contribution in [0.2, 0.25) is 0 Å². The molecule has 0 atom stereocenters. The summed E-state index contributed by atoms with van der Waals surface area (Å²) in [5.41, 5.74) is 3.38. The van der Waals surface area contributed by atoms with Gasteiger partial charge in [-0.1, -0.05) is 18.2 Å². The van der Waals surface area contributed by atoms with E-state index < -0.39 is 0 Å². The molecule has 0 radical (unpaired) electrons. The smallest absolute Gasteiger partial charge is 0.0598 e. The van der Waals surface area contributed by atoms with Gasteiger partial charge in [-0.2, -0.15) is 0 Å². The lowest BCUT2D eigenvalue weighted by Crippen LogP contribution is -2.16. The number of benzene rings is 1. The summed E-state index contributed by atoms with van der Waals surface area (Å²) in [4.78, 5) is 6.48. The lowest BCUT2D eigenvalue weighted by molar-refractivity contribution is 0.885. The van der Waals surface area contributed by atoms with E-state index >= 15 is 0 Å². The van der Waals surface area contributed by atoms with Crippen LogP contribution in [0.25, 0.3) is 0 Å². The summed E-state index contributed by atoms with van der Waals surface area (Å²) >= 11 is 5.76. The first-order chi connectivity index (χ1) is 8.29. The zero-order valence-corrected chi connectivity index (χ0v) is 10.6. The van der Waals surface area contributed by atoms with Crippen molar-refractivity contribution in [3.8, 4) is 0 Å². The van der Waals surface area contributed by atoms with Crippen molar-refractivity contribution < 1.29 is 0 Å². The highest BCUT2D eigenvalue weighted by atomic mass is 35.5. The zero-order chi connectivity index (χ0) is 12.1. The number of hydrogen-bond acceptors (Lipinski definition) is 2. The van der Waals surface area contributed by atoms with Crippen LogP contribution in [0.5, 0.6) is 0 Å². The highest BCUT2D eigenvalue weighted by Crippen LogP contribution is 2.16. The predicted octanol–water partition coefficient (Wildman–Crippen LogP) is 3.46. The molecule has 3 heteroatoms. The Kier molecular flexibility index (Phi) is 3.99. The molecular formula is C14H15ClN2. The van der Waals surface area contributed by atoms with Crippen LogP contribution in [0.1, 0.15) is 11.3 Å². The Morgan fingerprint density at radius 1 is 1.12 bits per heavy atom. The summed E-state index contributed by atoms with van der Waals surface area (Å²) in [6.07, 6.45) is 1.82. The average molecular weight is 247 g/mol. The fraction of sp³-hybridized carbons (Fsp3) is 0.214. The van der Waals surface area contributed by atoms with Gasteiger partial charge in [-0.3, -0.25) is 4.98 Å². The molecule has 88 valence electrons. The molecule has 0 amide bonds. The van der Waals surface area contributed by atoms with Crippen LogP contribution in [-0.2, 0) is 12.4 Å². The molecule has 1 heterocycles. The van der Waals surface area contributed by atoms with E-state index in [0.29, 0.717) is 5.88 Å². The fourth-order valence-electron chi connectivity index (χ4n) is 1.67. The summed E-state index contributed by atoms with van der Waals surface area (Å²) in [6.45, 7) is 0.807. The summed E-state index contributed by atoms with van der Waals surface area (Å²) in [6, 6.07) is 14.2. The van der Waals surface area contributed by atoms with Gasteiger partial charge < -0.3 is 4.90 Å². The molecule has 0 aliphatic heterocycles. The third-order valence-corrected chi connectivity index (χ3v) is 2.97. The summed E-state index contributed by atoms with van der Waals surface area (Å²) in [5, 5.41) is 0. The first-order valence-corrected chi connectivity index (χ1v) is 6.09. The van der Waals surface area contributed by atoms with Crippen LogP contribution in [0.3, 0.4) is 0 Å². The SMILES string of the molecule is CN(Cc1ccccn1)c1ccc(CCl)cc1. The van der Waals surface area contributed by atoms with E-state index in [1.54, 1.807) is 0 Å². The summed E-state index contributed by atoms with van der Waals surface area (Å²) < 4.78 is 0. The van der Waals surface area contributed by atoms with E-state index in [-0.39, 0.29) is 0 Å². The Balaban J connectivity index is 2.06. The van der Waals surface area contributed by atoms with Gasteiger partial charge >= 0.3 is 0 Å². The second kappa shape index (κ2) is 5.69. The van der Waals surface area contributed by atoms with E-state index in [1.807, 2.05) is 24.4 Å². The molecule has 0 fully saturated rings. The molecule has 0 aliphatic carbocycles. The maximum Gasteiger partial charge on any atom is 0.0598 e. The number of aromatic nitrogens is 1. The molecule has 0 aliphatic rings. The number of rotatable bonds is 4. The summed E-state index contributed by atoms with van der Waals surface area (Å²) in [5.74, 6) is 0.560. The van der Waals surface area contributed by atoms with Gasteiger partial charge in [0.05, 0.1) is 12.2 Å². The molecule has 0 N–H and O–H groups in total. The highest BCUT2D eigenvalue weighted by Gasteiger charge is 2.02. The van der Waals surface area contributed by atoms with Gasteiger partial charge in [0.2, 0.25) is 0 Å². The van der Waals surface area contributed by atoms with Crippen molar-refractivity contribution in [2.45, 2.75) is 12.4 Å². The van der Waals surface area contributed by atoms with Gasteiger partial charge in [0.25, 0.3) is 0 Å². The minimum Gasteiger partial charge on any atom is -0.369 e. The van der Waals surface area contributed by atoms with Crippen molar-refractivity contribution in [1.29, 1.82) is 0 Å². The Hall–Kier alpha value is -1.54. The van der Waals surface area contributed by atoms with Gasteiger partial charge in [-0.25, -0.2) is 0 Å². The Bertz CT molecular complexity index is 453. The van der Waals surface area contributed by atoms with Crippen LogP contribution in [0, 0.1) is 0 Å². The van der Waals surface area contributed by atoms with Crippen molar-refractivity contribution >= 4 is 17.3 Å². The molecule has 0 saturated carbocycles. The first kappa shape index (κ1) is 11.9. The number of pyridine rings is 1. The van der Waals surface area contributed by atoms with Crippen LogP contribution >= 0.6 is 11.6 Å². The van der Waals surface area contributed by atoms with Crippen molar-refractivity contribution in [1.82, 2.24) is 4.98 Å². The molecule has 17 heavy (non-hydrogen) atoms. The Morgan fingerprint density at radius 2 is 1.88 bits per heavy atom. The summed E-state index contributed by atoms with van der Waals surface area (Å²) in [7, 11) is 2.06. The van der Waals surface area contributed by atoms with E-state index in [0.717, 1.165) is 17.8 Å². The number of anilines is 1. The molecule has 1 aromatic heterocycles. The van der Waals surface area contributed by atoms with Crippen LogP contribution in [-0.4, -0.2) is 12.0 Å².